The Morgan fingerprint density at radius 3 is 1.79 bits per heavy atom. The van der Waals surface area contributed by atoms with Gasteiger partial charge in [0, 0.05) is 0 Å². The molecule has 4 amide bonds. The van der Waals surface area contributed by atoms with Crippen LogP contribution in [-0.4, -0.2) is 70.1 Å². The molecule has 0 fully saturated rings. The van der Waals surface area contributed by atoms with Crippen molar-refractivity contribution in [2.24, 2.45) is 17.4 Å². The molecule has 12 nitrogen and oxygen atoms in total. The number of carboxylic acids is 1. The lowest BCUT2D eigenvalue weighted by molar-refractivity contribution is -0.145. The molecule has 0 aromatic heterocycles. The summed E-state index contributed by atoms with van der Waals surface area (Å²) < 4.78 is 0. The highest BCUT2D eigenvalue weighted by molar-refractivity contribution is 5.96. The fourth-order valence-electron chi connectivity index (χ4n) is 2.30. The molecule has 166 valence electrons. The summed E-state index contributed by atoms with van der Waals surface area (Å²) in [6.45, 7) is 5.97. The number of aliphatic carboxylic acids is 1. The number of hydrogen-bond acceptors (Lipinski definition) is 7. The van der Waals surface area contributed by atoms with Crippen molar-refractivity contribution in [1.29, 1.82) is 0 Å². The van der Waals surface area contributed by atoms with E-state index < -0.39 is 72.2 Å². The smallest absolute Gasteiger partial charge is 0.328 e. The first-order valence-corrected chi connectivity index (χ1v) is 9.17. The molecule has 0 aromatic carbocycles. The van der Waals surface area contributed by atoms with Gasteiger partial charge in [-0.25, -0.2) is 4.79 Å². The van der Waals surface area contributed by atoms with Crippen LogP contribution in [0.5, 0.6) is 0 Å². The van der Waals surface area contributed by atoms with Gasteiger partial charge in [-0.15, -0.1) is 0 Å². The Morgan fingerprint density at radius 2 is 1.41 bits per heavy atom. The molecule has 0 radical (unpaired) electrons. The molecule has 9 N–H and O–H groups in total. The van der Waals surface area contributed by atoms with Crippen LogP contribution in [0.1, 0.15) is 40.5 Å². The van der Waals surface area contributed by atoms with Crippen LogP contribution in [-0.2, 0) is 24.0 Å². The van der Waals surface area contributed by atoms with Crippen LogP contribution in [0.15, 0.2) is 0 Å². The van der Waals surface area contributed by atoms with Crippen molar-refractivity contribution < 1.29 is 34.2 Å². The van der Waals surface area contributed by atoms with E-state index in [0.717, 1.165) is 0 Å². The molecule has 0 saturated carbocycles. The summed E-state index contributed by atoms with van der Waals surface area (Å²) in [6.07, 6.45) is -1.46. The Morgan fingerprint density at radius 1 is 0.897 bits per heavy atom. The lowest BCUT2D eigenvalue weighted by atomic mass is 9.97. The zero-order chi connectivity index (χ0) is 22.9. The minimum Gasteiger partial charge on any atom is -0.480 e. The van der Waals surface area contributed by atoms with Crippen molar-refractivity contribution in [1.82, 2.24) is 16.0 Å². The number of carbonyl (C=O) groups excluding carboxylic acids is 4. The third kappa shape index (κ3) is 8.87. The van der Waals surface area contributed by atoms with Crippen LogP contribution in [0.2, 0.25) is 0 Å². The molecule has 0 aliphatic heterocycles. The minimum atomic E-state index is -1.58. The molecule has 12 heteroatoms. The third-order valence-corrected chi connectivity index (χ3v) is 4.29. The Bertz CT molecular complexity index is 623. The number of hydrogen-bond donors (Lipinski definition) is 7. The van der Waals surface area contributed by atoms with Crippen molar-refractivity contribution in [3.63, 3.8) is 0 Å². The number of nitrogens with one attached hydrogen (secondary N) is 3. The second-order valence-electron chi connectivity index (χ2n) is 6.96. The summed E-state index contributed by atoms with van der Waals surface area (Å²) in [7, 11) is 0. The van der Waals surface area contributed by atoms with Crippen molar-refractivity contribution in [3.8, 4) is 0 Å². The summed E-state index contributed by atoms with van der Waals surface area (Å²) in [5.41, 5.74) is 10.6. The second-order valence-corrected chi connectivity index (χ2v) is 6.96. The predicted octanol–water partition coefficient (Wildman–Crippen LogP) is -2.83. The van der Waals surface area contributed by atoms with E-state index in [1.165, 1.54) is 13.8 Å². The molecule has 0 bridgehead atoms. The largest absolute Gasteiger partial charge is 0.480 e. The SMILES string of the molecule is CCC(C)C(NC(=O)C(CC(N)=O)NC(=O)C(C)N)C(=O)NC(C(=O)O)C(C)O. The maximum Gasteiger partial charge on any atom is 0.328 e. The van der Waals surface area contributed by atoms with E-state index in [9.17, 15) is 29.1 Å². The first-order chi connectivity index (χ1) is 13.3. The van der Waals surface area contributed by atoms with Gasteiger partial charge in [0.1, 0.15) is 12.1 Å². The molecule has 0 aromatic rings. The summed E-state index contributed by atoms with van der Waals surface area (Å²) in [5.74, 6) is -5.13. The van der Waals surface area contributed by atoms with Crippen molar-refractivity contribution in [2.45, 2.75) is 70.8 Å². The minimum absolute atomic E-state index is 0.430. The standard InChI is InChI=1S/C17H31N5O7/c1-5-7(2)12(16(27)22-13(9(4)23)17(28)29)21-15(26)10(6-11(19)24)20-14(25)8(3)18/h7-10,12-13,23H,5-6,18H2,1-4H3,(H2,19,24)(H,20,25)(H,21,26)(H,22,27)(H,28,29). The number of aliphatic hydroxyl groups is 1. The lowest BCUT2D eigenvalue weighted by Gasteiger charge is -2.28. The molecular formula is C17H31N5O7. The summed E-state index contributed by atoms with van der Waals surface area (Å²) >= 11 is 0. The Hall–Kier alpha value is -2.73. The second kappa shape index (κ2) is 12.0. The Kier molecular flexibility index (Phi) is 10.8. The Balaban J connectivity index is 5.52. The maximum absolute atomic E-state index is 12.6. The van der Waals surface area contributed by atoms with Gasteiger partial charge < -0.3 is 37.6 Å². The van der Waals surface area contributed by atoms with Crippen molar-refractivity contribution >= 4 is 29.6 Å². The van der Waals surface area contributed by atoms with Crippen LogP contribution < -0.4 is 27.4 Å². The lowest BCUT2D eigenvalue weighted by Crippen LogP contribution is -2.60. The fourth-order valence-corrected chi connectivity index (χ4v) is 2.30. The highest BCUT2D eigenvalue weighted by atomic mass is 16.4. The molecule has 0 aliphatic carbocycles. The molecule has 0 rings (SSSR count). The zero-order valence-corrected chi connectivity index (χ0v) is 17.0. The molecular weight excluding hydrogens is 386 g/mol. The molecule has 0 spiro atoms. The number of amides is 4. The summed E-state index contributed by atoms with van der Waals surface area (Å²) in [5, 5.41) is 25.5. The van der Waals surface area contributed by atoms with Crippen LogP contribution in [0.3, 0.4) is 0 Å². The highest BCUT2D eigenvalue weighted by Gasteiger charge is 2.34. The molecule has 6 atom stereocenters. The third-order valence-electron chi connectivity index (χ3n) is 4.29. The number of carboxylic acid groups (broad SMARTS) is 1. The van der Waals surface area contributed by atoms with Gasteiger partial charge in [-0.05, 0) is 19.8 Å². The zero-order valence-electron chi connectivity index (χ0n) is 17.0. The number of aliphatic hydroxyl groups excluding tert-OH is 1. The molecule has 6 unspecified atom stereocenters. The Labute approximate surface area is 168 Å². The molecule has 0 aliphatic rings. The van der Waals surface area contributed by atoms with Gasteiger partial charge in [-0.3, -0.25) is 19.2 Å². The quantitative estimate of drug-likeness (QED) is 0.175. The van der Waals surface area contributed by atoms with E-state index >= 15 is 0 Å². The maximum atomic E-state index is 12.6. The molecule has 0 saturated heterocycles. The molecule has 0 heterocycles. The summed E-state index contributed by atoms with van der Waals surface area (Å²) in [4.78, 5) is 59.4. The van der Waals surface area contributed by atoms with Gasteiger partial charge in [0.25, 0.3) is 0 Å². The predicted molar refractivity (Wildman–Crippen MR) is 102 cm³/mol. The van der Waals surface area contributed by atoms with E-state index in [0.29, 0.717) is 6.42 Å². The normalized spacial score (nSPS) is 17.0. The van der Waals surface area contributed by atoms with Gasteiger partial charge in [-0.2, -0.15) is 0 Å². The molecule has 29 heavy (non-hydrogen) atoms. The van der Waals surface area contributed by atoms with Gasteiger partial charge in [0.2, 0.25) is 23.6 Å². The number of primary amides is 1. The van der Waals surface area contributed by atoms with Crippen LogP contribution in [0.25, 0.3) is 0 Å². The van der Waals surface area contributed by atoms with E-state index in [1.54, 1.807) is 13.8 Å². The van der Waals surface area contributed by atoms with Crippen molar-refractivity contribution in [3.05, 3.63) is 0 Å². The van der Waals surface area contributed by atoms with Crippen LogP contribution in [0.4, 0.5) is 0 Å². The first-order valence-electron chi connectivity index (χ1n) is 9.17. The van der Waals surface area contributed by atoms with Crippen LogP contribution in [0, 0.1) is 5.92 Å². The monoisotopic (exact) mass is 417 g/mol. The van der Waals surface area contributed by atoms with Crippen molar-refractivity contribution in [2.75, 3.05) is 0 Å². The topological polar surface area (TPSA) is 214 Å². The fraction of sp³-hybridized carbons (Fsp3) is 0.706. The van der Waals surface area contributed by atoms with E-state index in [4.69, 9.17) is 16.6 Å². The van der Waals surface area contributed by atoms with Crippen LogP contribution >= 0.6 is 0 Å². The van der Waals surface area contributed by atoms with E-state index in [-0.39, 0.29) is 0 Å². The average molecular weight is 417 g/mol. The number of rotatable bonds is 12. The first kappa shape index (κ1) is 26.3. The number of nitrogens with two attached hydrogens (primary N) is 2. The highest BCUT2D eigenvalue weighted by Crippen LogP contribution is 2.10. The summed E-state index contributed by atoms with van der Waals surface area (Å²) in [6, 6.07) is -5.08. The average Bonchev–Trinajstić information content (AvgIpc) is 2.61. The van der Waals surface area contributed by atoms with Gasteiger partial charge in [-0.1, -0.05) is 20.3 Å². The number of carbonyl (C=O) groups is 5. The van der Waals surface area contributed by atoms with Gasteiger partial charge >= 0.3 is 5.97 Å². The van der Waals surface area contributed by atoms with E-state index in [2.05, 4.69) is 16.0 Å². The van der Waals surface area contributed by atoms with Gasteiger partial charge in [0.05, 0.1) is 18.6 Å². The van der Waals surface area contributed by atoms with E-state index in [1.807, 2.05) is 0 Å². The van der Waals surface area contributed by atoms with Gasteiger partial charge in [0.15, 0.2) is 6.04 Å².